The van der Waals surface area contributed by atoms with Crippen molar-refractivity contribution in [3.05, 3.63) is 12.2 Å². The number of rotatable bonds is 7. The van der Waals surface area contributed by atoms with Crippen molar-refractivity contribution in [3.63, 3.8) is 0 Å². The van der Waals surface area contributed by atoms with Gasteiger partial charge < -0.3 is 10.6 Å². The van der Waals surface area contributed by atoms with Crippen molar-refractivity contribution in [1.82, 2.24) is 25.4 Å². The Morgan fingerprint density at radius 2 is 2.31 bits per heavy atom. The van der Waals surface area contributed by atoms with Gasteiger partial charge in [0, 0.05) is 33.0 Å². The molecule has 2 N–H and O–H groups in total. The van der Waals surface area contributed by atoms with Gasteiger partial charge in [-0.15, -0.1) is 0 Å². The third kappa shape index (κ3) is 4.88. The Hall–Kier alpha value is -1.43. The molecule has 0 aliphatic heterocycles. The van der Waals surface area contributed by atoms with Gasteiger partial charge in [0.15, 0.2) is 5.82 Å². The lowest BCUT2D eigenvalue weighted by atomic mass is 10.3. The normalized spacial score (nSPS) is 10.4. The van der Waals surface area contributed by atoms with Crippen LogP contribution in [0, 0.1) is 0 Å². The molecular formula is C10H19N5O. The lowest BCUT2D eigenvalue weighted by Crippen LogP contribution is -2.29. The Bertz CT molecular complexity index is 323. The maximum absolute atomic E-state index is 11.3. The van der Waals surface area contributed by atoms with Crippen LogP contribution in [0.3, 0.4) is 0 Å². The maximum Gasteiger partial charge on any atom is 0.221 e. The van der Waals surface area contributed by atoms with Gasteiger partial charge >= 0.3 is 0 Å². The first-order valence-electron chi connectivity index (χ1n) is 5.54. The summed E-state index contributed by atoms with van der Waals surface area (Å²) in [5, 5.41) is 10.1. The van der Waals surface area contributed by atoms with E-state index in [0.717, 1.165) is 18.9 Å². The van der Waals surface area contributed by atoms with Gasteiger partial charge in [0.05, 0.1) is 0 Å². The van der Waals surface area contributed by atoms with Crippen molar-refractivity contribution in [3.8, 4) is 0 Å². The minimum absolute atomic E-state index is 0.0666. The van der Waals surface area contributed by atoms with Gasteiger partial charge in [0.25, 0.3) is 0 Å². The first kappa shape index (κ1) is 12.6. The Labute approximate surface area is 95.4 Å². The van der Waals surface area contributed by atoms with Crippen molar-refractivity contribution in [2.24, 2.45) is 7.05 Å². The number of hydrogen-bond donors (Lipinski definition) is 2. The van der Waals surface area contributed by atoms with Crippen LogP contribution in [0.25, 0.3) is 0 Å². The summed E-state index contributed by atoms with van der Waals surface area (Å²) >= 11 is 0. The zero-order chi connectivity index (χ0) is 11.8. The molecule has 6 heteroatoms. The zero-order valence-corrected chi connectivity index (χ0v) is 9.86. The van der Waals surface area contributed by atoms with Crippen molar-refractivity contribution >= 4 is 5.91 Å². The molecule has 1 amide bonds. The van der Waals surface area contributed by atoms with Crippen LogP contribution in [0.15, 0.2) is 6.33 Å². The molecule has 0 atom stereocenters. The van der Waals surface area contributed by atoms with Crippen LogP contribution in [0.1, 0.15) is 19.2 Å². The fraction of sp³-hybridized carbons (Fsp3) is 0.700. The number of hydrogen-bond acceptors (Lipinski definition) is 4. The molecule has 0 unspecified atom stereocenters. The highest BCUT2D eigenvalue weighted by Crippen LogP contribution is 1.88. The van der Waals surface area contributed by atoms with E-state index in [9.17, 15) is 4.79 Å². The molecule has 90 valence electrons. The van der Waals surface area contributed by atoms with Gasteiger partial charge in [0.1, 0.15) is 6.33 Å². The van der Waals surface area contributed by atoms with Gasteiger partial charge in [0.2, 0.25) is 5.91 Å². The molecule has 0 spiro atoms. The molecule has 16 heavy (non-hydrogen) atoms. The molecule has 1 aromatic rings. The summed E-state index contributed by atoms with van der Waals surface area (Å²) in [6, 6.07) is 0. The second-order valence-corrected chi connectivity index (χ2v) is 3.54. The van der Waals surface area contributed by atoms with Crippen LogP contribution >= 0.6 is 0 Å². The molecule has 0 aliphatic rings. The molecule has 1 rings (SSSR count). The molecule has 0 aliphatic carbocycles. The number of carbonyl (C=O) groups excluding carboxylic acids is 1. The van der Waals surface area contributed by atoms with Gasteiger partial charge in [-0.1, -0.05) is 6.92 Å². The minimum atomic E-state index is 0.0666. The number of nitrogens with zero attached hydrogens (tertiary/aromatic N) is 3. The molecule has 0 fully saturated rings. The molecule has 1 aromatic heterocycles. The third-order valence-electron chi connectivity index (χ3n) is 2.10. The number of aromatic nitrogens is 3. The van der Waals surface area contributed by atoms with Crippen molar-refractivity contribution in [1.29, 1.82) is 0 Å². The van der Waals surface area contributed by atoms with E-state index in [1.165, 1.54) is 0 Å². The van der Waals surface area contributed by atoms with E-state index >= 15 is 0 Å². The highest BCUT2D eigenvalue weighted by Gasteiger charge is 2.02. The van der Waals surface area contributed by atoms with E-state index in [2.05, 4.69) is 20.7 Å². The topological polar surface area (TPSA) is 71.8 Å². The van der Waals surface area contributed by atoms with Gasteiger partial charge in [-0.3, -0.25) is 9.48 Å². The molecule has 0 bridgehead atoms. The standard InChI is InChI=1S/C10H19N5O/c1-3-11-6-5-10(16)12-7-4-9-13-8-15(2)14-9/h8,11H,3-7H2,1-2H3,(H,12,16). The molecule has 0 saturated heterocycles. The number of carbonyl (C=O) groups is 1. The average Bonchev–Trinajstić information content (AvgIpc) is 2.65. The highest BCUT2D eigenvalue weighted by molar-refractivity contribution is 5.76. The summed E-state index contributed by atoms with van der Waals surface area (Å²) in [6.45, 7) is 4.23. The predicted octanol–water partition coefficient (Wildman–Crippen LogP) is -0.527. The monoisotopic (exact) mass is 225 g/mol. The summed E-state index contributed by atoms with van der Waals surface area (Å²) in [5.41, 5.74) is 0. The molecule has 0 aromatic carbocycles. The largest absolute Gasteiger partial charge is 0.356 e. The van der Waals surface area contributed by atoms with Crippen molar-refractivity contribution in [2.75, 3.05) is 19.6 Å². The average molecular weight is 225 g/mol. The summed E-state index contributed by atoms with van der Waals surface area (Å²) < 4.78 is 1.66. The Morgan fingerprint density at radius 1 is 1.50 bits per heavy atom. The van der Waals surface area contributed by atoms with E-state index < -0.39 is 0 Å². The van der Waals surface area contributed by atoms with Crippen molar-refractivity contribution < 1.29 is 4.79 Å². The van der Waals surface area contributed by atoms with Gasteiger partial charge in [-0.2, -0.15) is 5.10 Å². The van der Waals surface area contributed by atoms with E-state index in [1.807, 2.05) is 14.0 Å². The summed E-state index contributed by atoms with van der Waals surface area (Å²) in [7, 11) is 1.82. The van der Waals surface area contributed by atoms with E-state index in [0.29, 0.717) is 19.4 Å². The molecule has 0 radical (unpaired) electrons. The van der Waals surface area contributed by atoms with Crippen LogP contribution in [0.2, 0.25) is 0 Å². The SMILES string of the molecule is CCNCCC(=O)NCCc1ncn(C)n1. The summed E-state index contributed by atoms with van der Waals surface area (Å²) in [5.74, 6) is 0.825. The van der Waals surface area contributed by atoms with Crippen LogP contribution in [0.5, 0.6) is 0 Å². The van der Waals surface area contributed by atoms with Crippen LogP contribution in [-0.4, -0.2) is 40.3 Å². The molecule has 0 saturated carbocycles. The second-order valence-electron chi connectivity index (χ2n) is 3.54. The first-order chi connectivity index (χ1) is 7.72. The minimum Gasteiger partial charge on any atom is -0.356 e. The fourth-order valence-electron chi connectivity index (χ4n) is 1.28. The Balaban J connectivity index is 2.08. The van der Waals surface area contributed by atoms with E-state index in [4.69, 9.17) is 0 Å². The predicted molar refractivity (Wildman–Crippen MR) is 60.9 cm³/mol. The number of aryl methyl sites for hydroxylation is 1. The number of amides is 1. The third-order valence-corrected chi connectivity index (χ3v) is 2.10. The highest BCUT2D eigenvalue weighted by atomic mass is 16.1. The summed E-state index contributed by atoms with van der Waals surface area (Å²) in [4.78, 5) is 15.4. The number of nitrogens with one attached hydrogen (secondary N) is 2. The lowest BCUT2D eigenvalue weighted by Gasteiger charge is -2.03. The quantitative estimate of drug-likeness (QED) is 0.612. The first-order valence-corrected chi connectivity index (χ1v) is 5.54. The van der Waals surface area contributed by atoms with E-state index in [-0.39, 0.29) is 5.91 Å². The fourth-order valence-corrected chi connectivity index (χ4v) is 1.28. The van der Waals surface area contributed by atoms with Crippen molar-refractivity contribution in [2.45, 2.75) is 19.8 Å². The van der Waals surface area contributed by atoms with Crippen LogP contribution in [0.4, 0.5) is 0 Å². The second kappa shape index (κ2) is 6.95. The smallest absolute Gasteiger partial charge is 0.221 e. The molecule has 1 heterocycles. The van der Waals surface area contributed by atoms with Gasteiger partial charge in [-0.05, 0) is 6.54 Å². The molecular weight excluding hydrogens is 206 g/mol. The summed E-state index contributed by atoms with van der Waals surface area (Å²) in [6.07, 6.45) is 2.85. The zero-order valence-electron chi connectivity index (χ0n) is 9.86. The Morgan fingerprint density at radius 3 is 2.94 bits per heavy atom. The molecule has 6 nitrogen and oxygen atoms in total. The Kier molecular flexibility index (Phi) is 5.49. The lowest BCUT2D eigenvalue weighted by molar-refractivity contribution is -0.120. The maximum atomic E-state index is 11.3. The van der Waals surface area contributed by atoms with Crippen LogP contribution in [-0.2, 0) is 18.3 Å². The van der Waals surface area contributed by atoms with Gasteiger partial charge in [-0.25, -0.2) is 4.98 Å². The van der Waals surface area contributed by atoms with Crippen LogP contribution < -0.4 is 10.6 Å². The van der Waals surface area contributed by atoms with E-state index in [1.54, 1.807) is 11.0 Å².